The molecule has 0 saturated carbocycles. The number of aromatic nitrogens is 2. The highest BCUT2D eigenvalue weighted by Crippen LogP contribution is 2.45. The predicted molar refractivity (Wildman–Crippen MR) is 126 cm³/mol. The molecule has 0 saturated heterocycles. The van der Waals surface area contributed by atoms with E-state index in [-0.39, 0.29) is 11.7 Å². The largest absolute Gasteiger partial charge is 0.343 e. The molecule has 1 aliphatic heterocycles. The van der Waals surface area contributed by atoms with Gasteiger partial charge in [0, 0.05) is 44.0 Å². The molecular weight excluding hydrogens is 471 g/mol. The number of halogens is 3. The first-order valence-corrected chi connectivity index (χ1v) is 11.2. The summed E-state index contributed by atoms with van der Waals surface area (Å²) in [5, 5.41) is 12.0. The van der Waals surface area contributed by atoms with Crippen molar-refractivity contribution in [3.8, 4) is 0 Å². The third kappa shape index (κ3) is 3.58. The lowest BCUT2D eigenvalue weighted by molar-refractivity contribution is -0.116. The van der Waals surface area contributed by atoms with Gasteiger partial charge in [0.05, 0.1) is 6.20 Å². The van der Waals surface area contributed by atoms with E-state index in [0.29, 0.717) is 56.1 Å². The lowest BCUT2D eigenvalue weighted by atomic mass is 9.85. The summed E-state index contributed by atoms with van der Waals surface area (Å²) in [6, 6.07) is 11.4. The van der Waals surface area contributed by atoms with E-state index in [1.54, 1.807) is 47.1 Å². The van der Waals surface area contributed by atoms with Gasteiger partial charge in [-0.15, -0.1) is 0 Å². The van der Waals surface area contributed by atoms with Gasteiger partial charge in [0.25, 0.3) is 5.91 Å². The summed E-state index contributed by atoms with van der Waals surface area (Å²) in [5.41, 5.74) is 2.91. The van der Waals surface area contributed by atoms with Gasteiger partial charge in [-0.1, -0.05) is 40.9 Å². The number of hydrogen-bond donors (Lipinski definition) is 2. The number of amides is 1. The molecule has 9 heteroatoms. The number of anilines is 2. The van der Waals surface area contributed by atoms with Crippen LogP contribution in [0.2, 0.25) is 15.1 Å². The van der Waals surface area contributed by atoms with Crippen LogP contribution >= 0.6 is 34.8 Å². The molecule has 32 heavy (non-hydrogen) atoms. The lowest BCUT2D eigenvalue weighted by Gasteiger charge is -2.34. The van der Waals surface area contributed by atoms with Crippen molar-refractivity contribution in [2.75, 3.05) is 10.6 Å². The average molecular weight is 488 g/mol. The van der Waals surface area contributed by atoms with Gasteiger partial charge in [-0.3, -0.25) is 9.59 Å². The highest BCUT2D eigenvalue weighted by molar-refractivity contribution is 6.36. The first-order valence-electron chi connectivity index (χ1n) is 10.1. The first-order chi connectivity index (χ1) is 15.4. The highest BCUT2D eigenvalue weighted by Gasteiger charge is 2.39. The SMILES string of the molecule is O=C1CCCC2=C1C(c1c(Cl)cccc1Cl)n1ncc(C(=O)Nc3ccc(Cl)cc3)c1N2. The average Bonchev–Trinajstić information content (AvgIpc) is 3.19. The Morgan fingerprint density at radius 1 is 1.06 bits per heavy atom. The molecule has 0 radical (unpaired) electrons. The molecule has 2 aromatic carbocycles. The minimum atomic E-state index is -0.618. The van der Waals surface area contributed by atoms with E-state index >= 15 is 0 Å². The molecule has 0 bridgehead atoms. The van der Waals surface area contributed by atoms with Crippen LogP contribution in [0.3, 0.4) is 0 Å². The monoisotopic (exact) mass is 486 g/mol. The van der Waals surface area contributed by atoms with Crippen LogP contribution in [0.1, 0.15) is 41.2 Å². The summed E-state index contributed by atoms with van der Waals surface area (Å²) < 4.78 is 1.62. The number of benzene rings is 2. The fraction of sp³-hybridized carbons (Fsp3) is 0.174. The van der Waals surface area contributed by atoms with Crippen LogP contribution in [0.4, 0.5) is 11.5 Å². The van der Waals surface area contributed by atoms with Crippen LogP contribution in [-0.4, -0.2) is 21.5 Å². The second-order valence-electron chi connectivity index (χ2n) is 7.64. The Kier molecular flexibility index (Phi) is 5.45. The maximum Gasteiger partial charge on any atom is 0.261 e. The summed E-state index contributed by atoms with van der Waals surface area (Å²) >= 11 is 19.0. The van der Waals surface area contributed by atoms with Crippen LogP contribution in [-0.2, 0) is 4.79 Å². The molecule has 3 aromatic rings. The second-order valence-corrected chi connectivity index (χ2v) is 8.90. The number of nitrogens with zero attached hydrogens (tertiary/aromatic N) is 2. The van der Waals surface area contributed by atoms with Crippen LogP contribution < -0.4 is 10.6 Å². The van der Waals surface area contributed by atoms with Gasteiger partial charge in [-0.05, 0) is 49.2 Å². The van der Waals surface area contributed by atoms with Gasteiger partial charge in [0.2, 0.25) is 0 Å². The fourth-order valence-corrected chi connectivity index (χ4v) is 4.93. The molecule has 1 atom stereocenters. The second kappa shape index (κ2) is 8.28. The zero-order valence-corrected chi connectivity index (χ0v) is 18.9. The molecule has 5 rings (SSSR count). The molecule has 1 unspecified atom stereocenters. The maximum absolute atomic E-state index is 13.1. The number of rotatable bonds is 3. The molecule has 0 fully saturated rings. The molecule has 2 N–H and O–H groups in total. The van der Waals surface area contributed by atoms with Crippen molar-refractivity contribution < 1.29 is 9.59 Å². The van der Waals surface area contributed by atoms with E-state index in [4.69, 9.17) is 34.8 Å². The summed E-state index contributed by atoms with van der Waals surface area (Å²) in [6.07, 6.45) is 3.34. The van der Waals surface area contributed by atoms with Gasteiger partial charge in [0.15, 0.2) is 5.78 Å². The predicted octanol–water partition coefficient (Wildman–Crippen LogP) is 6.12. The van der Waals surface area contributed by atoms with E-state index in [9.17, 15) is 9.59 Å². The molecule has 1 amide bonds. The minimum Gasteiger partial charge on any atom is -0.343 e. The van der Waals surface area contributed by atoms with E-state index in [1.165, 1.54) is 6.20 Å². The Balaban J connectivity index is 1.61. The Bertz CT molecular complexity index is 1260. The topological polar surface area (TPSA) is 76.0 Å². The van der Waals surface area contributed by atoms with Crippen molar-refractivity contribution in [1.82, 2.24) is 9.78 Å². The molecule has 1 aliphatic carbocycles. The molecule has 6 nitrogen and oxygen atoms in total. The summed E-state index contributed by atoms with van der Waals surface area (Å²) in [6.45, 7) is 0. The van der Waals surface area contributed by atoms with Crippen LogP contribution in [0, 0.1) is 0 Å². The summed E-state index contributed by atoms with van der Waals surface area (Å²) in [7, 11) is 0. The number of carbonyl (C=O) groups is 2. The summed E-state index contributed by atoms with van der Waals surface area (Å²) in [5.74, 6) is 0.176. The number of ketones is 1. The molecule has 2 aliphatic rings. The van der Waals surface area contributed by atoms with Crippen molar-refractivity contribution >= 4 is 58.0 Å². The quantitative estimate of drug-likeness (QED) is 0.467. The van der Waals surface area contributed by atoms with Gasteiger partial charge in [-0.25, -0.2) is 4.68 Å². The van der Waals surface area contributed by atoms with Crippen LogP contribution in [0.5, 0.6) is 0 Å². The maximum atomic E-state index is 13.1. The van der Waals surface area contributed by atoms with Crippen molar-refractivity contribution in [2.45, 2.75) is 25.3 Å². The third-order valence-corrected chi connectivity index (χ3v) is 6.57. The first kappa shape index (κ1) is 21.1. The number of hydrogen-bond acceptors (Lipinski definition) is 4. The zero-order chi connectivity index (χ0) is 22.4. The normalized spacial score (nSPS) is 17.5. The smallest absolute Gasteiger partial charge is 0.261 e. The Hall–Kier alpha value is -2.80. The standard InChI is InChI=1S/C23H17Cl3N4O2/c24-12-7-9-13(10-8-12)28-23(32)14-11-27-30-21(19-15(25)3-1-4-16(19)26)20-17(29-22(14)30)5-2-6-18(20)31/h1,3-4,7-11,21,29H,2,5-6H2,(H,28,32). The van der Waals surface area contributed by atoms with E-state index in [0.717, 1.165) is 12.1 Å². The Labute approximate surface area is 199 Å². The van der Waals surface area contributed by atoms with Crippen molar-refractivity contribution in [3.63, 3.8) is 0 Å². The number of fused-ring (bicyclic) bond motifs is 1. The third-order valence-electron chi connectivity index (χ3n) is 5.66. The molecular formula is C23H17Cl3N4O2. The minimum absolute atomic E-state index is 0.0213. The van der Waals surface area contributed by atoms with E-state index in [2.05, 4.69) is 15.7 Å². The molecule has 1 aromatic heterocycles. The van der Waals surface area contributed by atoms with Crippen molar-refractivity contribution in [2.24, 2.45) is 0 Å². The van der Waals surface area contributed by atoms with E-state index < -0.39 is 6.04 Å². The number of carbonyl (C=O) groups excluding carboxylic acids is 2. The van der Waals surface area contributed by atoms with Crippen molar-refractivity contribution in [1.29, 1.82) is 0 Å². The van der Waals surface area contributed by atoms with Crippen LogP contribution in [0.15, 0.2) is 59.9 Å². The van der Waals surface area contributed by atoms with Gasteiger partial charge < -0.3 is 10.6 Å². The Morgan fingerprint density at radius 2 is 1.78 bits per heavy atom. The van der Waals surface area contributed by atoms with Gasteiger partial charge >= 0.3 is 0 Å². The van der Waals surface area contributed by atoms with Gasteiger partial charge in [0.1, 0.15) is 17.4 Å². The summed E-state index contributed by atoms with van der Waals surface area (Å²) in [4.78, 5) is 26.0. The van der Waals surface area contributed by atoms with Gasteiger partial charge in [-0.2, -0.15) is 5.10 Å². The Morgan fingerprint density at radius 3 is 2.50 bits per heavy atom. The van der Waals surface area contributed by atoms with Crippen molar-refractivity contribution in [3.05, 3.63) is 86.1 Å². The number of Topliss-reactive ketones (excluding diaryl/α,β-unsaturated/α-hetero) is 1. The zero-order valence-electron chi connectivity index (χ0n) is 16.7. The van der Waals surface area contributed by atoms with Crippen LogP contribution in [0.25, 0.3) is 0 Å². The fourth-order valence-electron chi connectivity index (χ4n) is 4.19. The molecule has 0 spiro atoms. The molecule has 162 valence electrons. The highest BCUT2D eigenvalue weighted by atomic mass is 35.5. The molecule has 2 heterocycles. The number of allylic oxidation sites excluding steroid dienone is 2. The lowest BCUT2D eigenvalue weighted by Crippen LogP contribution is -2.32. The number of nitrogens with one attached hydrogen (secondary N) is 2. The van der Waals surface area contributed by atoms with E-state index in [1.807, 2.05) is 0 Å².